The van der Waals surface area contributed by atoms with E-state index in [4.69, 9.17) is 44.6 Å². The summed E-state index contributed by atoms with van der Waals surface area (Å²) in [7, 11) is 2.27. The Hall–Kier alpha value is -1.10. The highest BCUT2D eigenvalue weighted by atomic mass is 35.7. The summed E-state index contributed by atoms with van der Waals surface area (Å²) >= 11 is 11.1. The minimum absolute atomic E-state index is 0.0569. The van der Waals surface area contributed by atoms with Crippen molar-refractivity contribution >= 4 is 68.4 Å². The summed E-state index contributed by atoms with van der Waals surface area (Å²) in [5.41, 5.74) is -0.516. The molecule has 2 rings (SSSR count). The van der Waals surface area contributed by atoms with E-state index < -0.39 is 33.6 Å². The van der Waals surface area contributed by atoms with E-state index in [1.54, 1.807) is 0 Å². The van der Waals surface area contributed by atoms with Gasteiger partial charge in [-0.1, -0.05) is 35.3 Å². The molecule has 13 heteroatoms. The molecule has 0 unspecified atom stereocenters. The van der Waals surface area contributed by atoms with Gasteiger partial charge in [0.25, 0.3) is 23.8 Å². The normalized spacial score (nSPS) is 11.4. The van der Waals surface area contributed by atoms with Crippen molar-refractivity contribution in [3.63, 3.8) is 0 Å². The molecule has 0 aliphatic rings. The molecule has 2 aromatic rings. The predicted molar refractivity (Wildman–Crippen MR) is 95.6 cm³/mol. The third-order valence-corrected chi connectivity index (χ3v) is 5.96. The molecule has 0 saturated carbocycles. The van der Waals surface area contributed by atoms with Gasteiger partial charge in [-0.25, -0.2) is 16.8 Å². The largest absolute Gasteiger partial charge is 0.289 e. The molecule has 0 bridgehead atoms. The molecule has 25 heavy (non-hydrogen) atoms. The molecule has 136 valence electrons. The first-order chi connectivity index (χ1) is 11.3. The molecule has 0 N–H and O–H groups in total. The quantitative estimate of drug-likeness (QED) is 0.375. The molecule has 0 aromatic heterocycles. The number of rotatable bonds is 3. The van der Waals surface area contributed by atoms with Crippen molar-refractivity contribution in [2.24, 2.45) is 0 Å². The Morgan fingerprint density at radius 3 is 1.80 bits per heavy atom. The summed E-state index contributed by atoms with van der Waals surface area (Å²) in [4.78, 5) is 9.01. The second kappa shape index (κ2) is 8.52. The summed E-state index contributed by atoms with van der Waals surface area (Å²) < 4.78 is 43.2. The van der Waals surface area contributed by atoms with Crippen LogP contribution in [-0.2, 0) is 18.1 Å². The molecule has 0 atom stereocenters. The molecule has 0 amide bonds. The molecule has 0 aliphatic heterocycles. The summed E-state index contributed by atoms with van der Waals surface area (Å²) in [6.45, 7) is 0. The van der Waals surface area contributed by atoms with Gasteiger partial charge in [0, 0.05) is 27.4 Å². The molecule has 0 saturated heterocycles. The molecule has 7 nitrogen and oxygen atoms in total. The van der Waals surface area contributed by atoms with Crippen LogP contribution in [0.2, 0.25) is 10.0 Å². The zero-order chi connectivity index (χ0) is 19.4. The Morgan fingerprint density at radius 1 is 0.840 bits per heavy atom. The average Bonchev–Trinajstić information content (AvgIpc) is 2.48. The summed E-state index contributed by atoms with van der Waals surface area (Å²) in [6, 6.07) is 8.75. The maximum Gasteiger partial charge on any atom is 0.289 e. The third kappa shape index (κ3) is 6.61. The van der Waals surface area contributed by atoms with Crippen molar-refractivity contribution in [3.8, 4) is 0 Å². The van der Waals surface area contributed by atoms with Gasteiger partial charge in [0.15, 0.2) is 4.90 Å². The van der Waals surface area contributed by atoms with E-state index in [2.05, 4.69) is 0 Å². The van der Waals surface area contributed by atoms with Crippen LogP contribution in [-0.4, -0.2) is 21.8 Å². The zero-order valence-corrected chi connectivity index (χ0v) is 16.4. The maximum absolute atomic E-state index is 10.8. The molecular formula is C12H7Cl4NO6S2. The lowest BCUT2D eigenvalue weighted by Gasteiger charge is -1.97. The smallest absolute Gasteiger partial charge is 0.258 e. The zero-order valence-electron chi connectivity index (χ0n) is 11.8. The Labute approximate surface area is 162 Å². The van der Waals surface area contributed by atoms with Crippen LogP contribution in [0.4, 0.5) is 5.69 Å². The van der Waals surface area contributed by atoms with Gasteiger partial charge < -0.3 is 0 Å². The number of para-hydroxylation sites is 1. The second-order valence-corrected chi connectivity index (χ2v) is 10.1. The van der Waals surface area contributed by atoms with Gasteiger partial charge in [0.1, 0.15) is 0 Å². The fraction of sp³-hybridized carbons (Fsp3) is 0. The number of nitro groups is 1. The molecular weight excluding hydrogens is 460 g/mol. The van der Waals surface area contributed by atoms with E-state index in [0.717, 1.165) is 12.1 Å². The Kier molecular flexibility index (Phi) is 7.48. The molecule has 0 radical (unpaired) electrons. The monoisotopic (exact) mass is 465 g/mol. The van der Waals surface area contributed by atoms with E-state index >= 15 is 0 Å². The Bertz CT molecular complexity index is 1010. The van der Waals surface area contributed by atoms with Gasteiger partial charge in [0.05, 0.1) is 19.9 Å². The average molecular weight is 467 g/mol. The van der Waals surface area contributed by atoms with Crippen LogP contribution >= 0.6 is 44.6 Å². The van der Waals surface area contributed by atoms with Crippen LogP contribution in [0.25, 0.3) is 0 Å². The Balaban J connectivity index is 0.000000251. The van der Waals surface area contributed by atoms with Crippen LogP contribution in [0, 0.1) is 10.1 Å². The van der Waals surface area contributed by atoms with Crippen molar-refractivity contribution in [1.82, 2.24) is 0 Å². The number of halogens is 4. The van der Waals surface area contributed by atoms with Crippen LogP contribution < -0.4 is 0 Å². The highest BCUT2D eigenvalue weighted by Crippen LogP contribution is 2.26. The lowest BCUT2D eigenvalue weighted by molar-refractivity contribution is -0.387. The fourth-order valence-electron chi connectivity index (χ4n) is 1.44. The highest BCUT2D eigenvalue weighted by Gasteiger charge is 2.22. The summed E-state index contributed by atoms with van der Waals surface area (Å²) in [5, 5.41) is 10.8. The third-order valence-electron chi connectivity index (χ3n) is 2.50. The van der Waals surface area contributed by atoms with Crippen LogP contribution in [0.5, 0.6) is 0 Å². The van der Waals surface area contributed by atoms with E-state index in [1.165, 1.54) is 30.3 Å². The van der Waals surface area contributed by atoms with Gasteiger partial charge in [-0.05, 0) is 24.3 Å². The molecule has 0 heterocycles. The number of benzene rings is 2. The van der Waals surface area contributed by atoms with Crippen molar-refractivity contribution in [2.45, 2.75) is 9.79 Å². The van der Waals surface area contributed by atoms with Crippen molar-refractivity contribution in [1.29, 1.82) is 0 Å². The predicted octanol–water partition coefficient (Wildman–Crippen LogP) is 4.44. The van der Waals surface area contributed by atoms with Crippen LogP contribution in [0.1, 0.15) is 0 Å². The SMILES string of the molecule is O=S(=O)(Cl)c1ccc(Cl)c(Cl)c1.O=[N+]([O-])c1ccccc1S(=O)(=O)Cl. The lowest BCUT2D eigenvalue weighted by atomic mass is 10.3. The van der Waals surface area contributed by atoms with Gasteiger partial charge in [0.2, 0.25) is 0 Å². The topological polar surface area (TPSA) is 111 Å². The first kappa shape index (κ1) is 21.9. The van der Waals surface area contributed by atoms with E-state index in [0.29, 0.717) is 5.02 Å². The van der Waals surface area contributed by atoms with Crippen LogP contribution in [0.15, 0.2) is 52.3 Å². The summed E-state index contributed by atoms with van der Waals surface area (Å²) in [6.07, 6.45) is 0. The minimum Gasteiger partial charge on any atom is -0.258 e. The van der Waals surface area contributed by atoms with Gasteiger partial charge >= 0.3 is 0 Å². The number of hydrogen-bond donors (Lipinski definition) is 0. The van der Waals surface area contributed by atoms with Gasteiger partial charge in [-0.15, -0.1) is 0 Å². The highest BCUT2D eigenvalue weighted by molar-refractivity contribution is 8.14. The van der Waals surface area contributed by atoms with E-state index in [-0.39, 0.29) is 9.92 Å². The van der Waals surface area contributed by atoms with Gasteiger partial charge in [-0.3, -0.25) is 10.1 Å². The number of hydrogen-bond acceptors (Lipinski definition) is 6. The van der Waals surface area contributed by atoms with Crippen molar-refractivity contribution < 1.29 is 21.8 Å². The number of nitro benzene ring substituents is 1. The Morgan fingerprint density at radius 2 is 1.40 bits per heavy atom. The van der Waals surface area contributed by atoms with E-state index in [1.807, 2.05) is 0 Å². The second-order valence-electron chi connectivity index (χ2n) is 4.18. The van der Waals surface area contributed by atoms with Crippen molar-refractivity contribution in [2.75, 3.05) is 0 Å². The first-order valence-corrected chi connectivity index (χ1v) is 11.3. The first-order valence-electron chi connectivity index (χ1n) is 5.92. The van der Waals surface area contributed by atoms with Gasteiger partial charge in [-0.2, -0.15) is 0 Å². The molecule has 0 aliphatic carbocycles. The van der Waals surface area contributed by atoms with Crippen molar-refractivity contribution in [3.05, 3.63) is 62.6 Å². The molecule has 0 spiro atoms. The fourth-order valence-corrected chi connectivity index (χ4v) is 3.61. The van der Waals surface area contributed by atoms with Crippen LogP contribution in [0.3, 0.4) is 0 Å². The standard InChI is InChI=1S/C6H3Cl3O2S.C6H4ClNO4S/c7-5-2-1-4(3-6(5)8)12(9,10)11;7-13(11,12)6-4-2-1-3-5(6)8(9)10/h1-3H;1-4H. The summed E-state index contributed by atoms with van der Waals surface area (Å²) in [5.74, 6) is 0. The maximum atomic E-state index is 10.8. The molecule has 0 fully saturated rings. The number of nitrogens with zero attached hydrogens (tertiary/aromatic N) is 1. The minimum atomic E-state index is -4.05. The molecule has 2 aromatic carbocycles. The van der Waals surface area contributed by atoms with E-state index in [9.17, 15) is 26.9 Å². The lowest BCUT2D eigenvalue weighted by Crippen LogP contribution is -1.97.